The molecular formula is C19H20F2N4O4S2. The van der Waals surface area contributed by atoms with Crippen LogP contribution in [0.5, 0.6) is 0 Å². The van der Waals surface area contributed by atoms with Gasteiger partial charge in [0.15, 0.2) is 11.6 Å². The number of likely N-dealkylation sites (N-methyl/N-ethyl adjacent to an activating group) is 1. The fourth-order valence-corrected chi connectivity index (χ4v) is 4.83. The van der Waals surface area contributed by atoms with Crippen LogP contribution in [0.1, 0.15) is 19.7 Å². The van der Waals surface area contributed by atoms with Crippen molar-refractivity contribution < 1.29 is 26.5 Å². The van der Waals surface area contributed by atoms with Gasteiger partial charge in [0.1, 0.15) is 12.6 Å². The Morgan fingerprint density at radius 2 is 2.00 bits per heavy atom. The van der Waals surface area contributed by atoms with Crippen LogP contribution in [0.2, 0.25) is 0 Å². The summed E-state index contributed by atoms with van der Waals surface area (Å²) < 4.78 is 57.7. The molecule has 1 unspecified atom stereocenters. The molecule has 31 heavy (non-hydrogen) atoms. The molecule has 2 heterocycles. The summed E-state index contributed by atoms with van der Waals surface area (Å²) in [5.74, 6) is -2.33. The van der Waals surface area contributed by atoms with Crippen molar-refractivity contribution >= 4 is 33.0 Å². The number of rotatable bonds is 8. The number of nitrogens with zero attached hydrogens (tertiary/aromatic N) is 4. The van der Waals surface area contributed by atoms with Crippen LogP contribution in [-0.2, 0) is 21.4 Å². The highest BCUT2D eigenvalue weighted by Crippen LogP contribution is 2.25. The molecule has 166 valence electrons. The summed E-state index contributed by atoms with van der Waals surface area (Å²) >= 11 is 1.44. The van der Waals surface area contributed by atoms with Crippen LogP contribution in [0.3, 0.4) is 0 Å². The molecule has 0 aliphatic rings. The Bertz CT molecular complexity index is 1170. The predicted octanol–water partition coefficient (Wildman–Crippen LogP) is 3.28. The van der Waals surface area contributed by atoms with E-state index in [1.54, 1.807) is 6.92 Å². The maximum Gasteiger partial charge on any atom is 0.246 e. The monoisotopic (exact) mass is 470 g/mol. The van der Waals surface area contributed by atoms with E-state index in [9.17, 15) is 22.0 Å². The van der Waals surface area contributed by atoms with E-state index >= 15 is 0 Å². The normalized spacial score (nSPS) is 12.5. The van der Waals surface area contributed by atoms with E-state index in [-0.39, 0.29) is 24.7 Å². The molecular weight excluding hydrogens is 450 g/mol. The number of hydrogen-bond donors (Lipinski definition) is 0. The number of anilines is 1. The van der Waals surface area contributed by atoms with Crippen molar-refractivity contribution in [2.45, 2.75) is 26.4 Å². The maximum atomic E-state index is 13.7. The van der Waals surface area contributed by atoms with Gasteiger partial charge in [-0.15, -0.1) is 11.3 Å². The smallest absolute Gasteiger partial charge is 0.246 e. The van der Waals surface area contributed by atoms with Gasteiger partial charge < -0.3 is 9.42 Å². The first-order chi connectivity index (χ1) is 14.6. The average molecular weight is 471 g/mol. The second-order valence-corrected chi connectivity index (χ2v) is 9.48. The Balaban J connectivity index is 1.84. The molecule has 0 aliphatic heterocycles. The van der Waals surface area contributed by atoms with E-state index in [1.165, 1.54) is 23.2 Å². The first-order valence-electron chi connectivity index (χ1n) is 9.21. The topological polar surface area (TPSA) is 96.6 Å². The molecule has 0 spiro atoms. The summed E-state index contributed by atoms with van der Waals surface area (Å²) in [6, 6.07) is 5.10. The van der Waals surface area contributed by atoms with E-state index in [4.69, 9.17) is 4.52 Å². The molecule has 2 aromatic heterocycles. The molecule has 0 saturated carbocycles. The Kier molecular flexibility index (Phi) is 6.70. The lowest BCUT2D eigenvalue weighted by Gasteiger charge is -2.31. The molecule has 1 atom stereocenters. The van der Waals surface area contributed by atoms with Crippen LogP contribution >= 0.6 is 11.3 Å². The number of amides is 1. The van der Waals surface area contributed by atoms with Gasteiger partial charge in [0.25, 0.3) is 0 Å². The fraction of sp³-hybridized carbons (Fsp3) is 0.316. The first kappa shape index (κ1) is 22.8. The Labute approximate surface area is 182 Å². The molecule has 0 fully saturated rings. The van der Waals surface area contributed by atoms with Crippen molar-refractivity contribution in [3.8, 4) is 10.7 Å². The predicted molar refractivity (Wildman–Crippen MR) is 112 cm³/mol. The summed E-state index contributed by atoms with van der Waals surface area (Å²) in [6.07, 6.45) is 0.889. The number of sulfonamides is 1. The zero-order chi connectivity index (χ0) is 22.8. The molecule has 0 saturated heterocycles. The lowest BCUT2D eigenvalue weighted by molar-refractivity contribution is -0.132. The quantitative estimate of drug-likeness (QED) is 0.501. The number of aromatic nitrogens is 2. The zero-order valence-electron chi connectivity index (χ0n) is 16.9. The van der Waals surface area contributed by atoms with Crippen LogP contribution in [0.25, 0.3) is 10.7 Å². The minimum Gasteiger partial charge on any atom is -0.337 e. The molecule has 0 radical (unpaired) electrons. The van der Waals surface area contributed by atoms with Crippen molar-refractivity contribution in [3.05, 3.63) is 53.2 Å². The molecule has 0 N–H and O–H groups in total. The van der Waals surface area contributed by atoms with E-state index in [0.29, 0.717) is 5.82 Å². The molecule has 0 bridgehead atoms. The van der Waals surface area contributed by atoms with Crippen molar-refractivity contribution in [3.63, 3.8) is 0 Å². The van der Waals surface area contributed by atoms with Crippen LogP contribution in [0.4, 0.5) is 14.5 Å². The summed E-state index contributed by atoms with van der Waals surface area (Å²) in [5, 5.41) is 5.76. The molecule has 12 heteroatoms. The number of carbonyl (C=O) groups excluding carboxylic acids is 1. The number of benzene rings is 1. The van der Waals surface area contributed by atoms with Crippen molar-refractivity contribution in [2.75, 3.05) is 17.1 Å². The van der Waals surface area contributed by atoms with Gasteiger partial charge in [-0.05, 0) is 37.4 Å². The van der Waals surface area contributed by atoms with E-state index < -0.39 is 33.6 Å². The van der Waals surface area contributed by atoms with E-state index in [1.807, 2.05) is 17.5 Å². The van der Waals surface area contributed by atoms with Gasteiger partial charge in [-0.3, -0.25) is 9.10 Å². The molecule has 1 aromatic carbocycles. The number of halogens is 2. The Morgan fingerprint density at radius 1 is 1.26 bits per heavy atom. The SMILES string of the molecule is CCN(Cc1nc(-c2cccs2)no1)C(=O)C(C)N(c1ccc(F)c(F)c1)S(C)(=O)=O. The van der Waals surface area contributed by atoms with Crippen molar-refractivity contribution in [2.24, 2.45) is 0 Å². The molecule has 8 nitrogen and oxygen atoms in total. The van der Waals surface area contributed by atoms with Crippen LogP contribution in [0.15, 0.2) is 40.2 Å². The van der Waals surface area contributed by atoms with Crippen LogP contribution in [0, 0.1) is 11.6 Å². The van der Waals surface area contributed by atoms with E-state index in [2.05, 4.69) is 10.1 Å². The van der Waals surface area contributed by atoms with Crippen molar-refractivity contribution in [1.29, 1.82) is 0 Å². The van der Waals surface area contributed by atoms with Gasteiger partial charge in [-0.2, -0.15) is 4.98 Å². The minimum absolute atomic E-state index is 0.0343. The second kappa shape index (κ2) is 9.10. The third kappa shape index (κ3) is 5.07. The van der Waals surface area contributed by atoms with Gasteiger partial charge in [-0.1, -0.05) is 11.2 Å². The number of hydrogen-bond acceptors (Lipinski definition) is 7. The molecule has 1 amide bonds. The minimum atomic E-state index is -3.99. The summed E-state index contributed by atoms with van der Waals surface area (Å²) in [4.78, 5) is 19.5. The number of carbonyl (C=O) groups is 1. The van der Waals surface area contributed by atoms with Gasteiger partial charge in [0, 0.05) is 12.6 Å². The third-order valence-corrected chi connectivity index (χ3v) is 6.56. The maximum absolute atomic E-state index is 13.7. The summed E-state index contributed by atoms with van der Waals surface area (Å²) in [7, 11) is -3.99. The zero-order valence-corrected chi connectivity index (χ0v) is 18.6. The van der Waals surface area contributed by atoms with Crippen LogP contribution < -0.4 is 4.31 Å². The van der Waals surface area contributed by atoms with Gasteiger partial charge in [0.2, 0.25) is 27.6 Å². The average Bonchev–Trinajstić information content (AvgIpc) is 3.39. The highest BCUT2D eigenvalue weighted by Gasteiger charge is 2.32. The summed E-state index contributed by atoms with van der Waals surface area (Å²) in [6.45, 7) is 3.28. The fourth-order valence-electron chi connectivity index (χ4n) is 3.02. The van der Waals surface area contributed by atoms with Gasteiger partial charge >= 0.3 is 0 Å². The lowest BCUT2D eigenvalue weighted by atomic mass is 10.2. The first-order valence-corrected chi connectivity index (χ1v) is 11.9. The molecule has 0 aliphatic carbocycles. The largest absolute Gasteiger partial charge is 0.337 e. The van der Waals surface area contributed by atoms with Crippen molar-refractivity contribution in [1.82, 2.24) is 15.0 Å². The second-order valence-electron chi connectivity index (χ2n) is 6.67. The van der Waals surface area contributed by atoms with E-state index in [0.717, 1.165) is 33.6 Å². The highest BCUT2D eigenvalue weighted by atomic mass is 32.2. The van der Waals surface area contributed by atoms with Crippen LogP contribution in [-0.4, -0.2) is 48.2 Å². The number of thiophene rings is 1. The Morgan fingerprint density at radius 3 is 2.58 bits per heavy atom. The Hall–Kier alpha value is -2.86. The standard InChI is InChI=1S/C19H20F2N4O4S2/c1-4-24(11-17-22-18(23-29-17)16-6-5-9-30-16)19(26)12(2)25(31(3,27)28)13-7-8-14(20)15(21)10-13/h5-10,12H,4,11H2,1-3H3. The third-order valence-electron chi connectivity index (χ3n) is 4.45. The summed E-state index contributed by atoms with van der Waals surface area (Å²) in [5.41, 5.74) is -0.156. The lowest BCUT2D eigenvalue weighted by Crippen LogP contribution is -2.49. The highest BCUT2D eigenvalue weighted by molar-refractivity contribution is 7.92. The molecule has 3 rings (SSSR count). The molecule has 3 aromatic rings. The van der Waals surface area contributed by atoms with Gasteiger partial charge in [-0.25, -0.2) is 17.2 Å². The van der Waals surface area contributed by atoms with Gasteiger partial charge in [0.05, 0.1) is 16.8 Å².